The number of urea groups is 1. The molecule has 11 heteroatoms. The third kappa shape index (κ3) is 7.93. The van der Waals surface area contributed by atoms with Gasteiger partial charge in [-0.25, -0.2) is 23.2 Å². The van der Waals surface area contributed by atoms with Crippen LogP contribution >= 0.6 is 0 Å². The molecule has 2 heterocycles. The van der Waals surface area contributed by atoms with Gasteiger partial charge in [-0.05, 0) is 58.3 Å². The van der Waals surface area contributed by atoms with Crippen LogP contribution in [0.5, 0.6) is 0 Å². The molecule has 10 nitrogen and oxygen atoms in total. The normalized spacial score (nSPS) is 16.5. The summed E-state index contributed by atoms with van der Waals surface area (Å²) in [6.07, 6.45) is 2.06. The van der Waals surface area contributed by atoms with Crippen LogP contribution in [0.1, 0.15) is 19.0 Å². The van der Waals surface area contributed by atoms with Crippen molar-refractivity contribution in [3.05, 3.63) is 36.0 Å². The van der Waals surface area contributed by atoms with Crippen LogP contribution in [-0.4, -0.2) is 88.6 Å². The molecule has 3 rings (SSSR count). The van der Waals surface area contributed by atoms with Crippen LogP contribution in [0.4, 0.5) is 16.3 Å². The van der Waals surface area contributed by atoms with Gasteiger partial charge in [-0.15, -0.1) is 0 Å². The Labute approximate surface area is 201 Å². The van der Waals surface area contributed by atoms with Crippen molar-refractivity contribution in [1.82, 2.24) is 20.2 Å². The van der Waals surface area contributed by atoms with Crippen LogP contribution in [0, 0.1) is 0 Å². The Morgan fingerprint density at radius 3 is 2.62 bits per heavy atom. The molecule has 1 aliphatic heterocycles. The summed E-state index contributed by atoms with van der Waals surface area (Å²) in [5, 5.41) is 5.65. The lowest BCUT2D eigenvalue weighted by Crippen LogP contribution is -2.44. The maximum Gasteiger partial charge on any atom is 0.319 e. The molecule has 34 heavy (non-hydrogen) atoms. The van der Waals surface area contributed by atoms with E-state index in [1.807, 2.05) is 33.2 Å². The molecular weight excluding hydrogens is 456 g/mol. The molecular formula is C23H34N6O4S. The highest BCUT2D eigenvalue weighted by Crippen LogP contribution is 2.25. The van der Waals surface area contributed by atoms with Crippen LogP contribution in [0.15, 0.2) is 30.3 Å². The highest BCUT2D eigenvalue weighted by Gasteiger charge is 2.22. The monoisotopic (exact) mass is 490 g/mol. The minimum Gasteiger partial charge on any atom is -0.377 e. The number of ether oxygens (including phenoxy) is 1. The molecule has 186 valence electrons. The van der Waals surface area contributed by atoms with E-state index >= 15 is 0 Å². The Morgan fingerprint density at radius 1 is 1.24 bits per heavy atom. The standard InChI is InChI=1S/C23H34N6O4S/c1-17-15-33-13-12-29(17)21-14-20(16-34(4,31)32)25-22(27-21)18-6-8-19(9-7-18)26-23(30)24-10-5-11-28(2)3/h6-9,14,17H,5,10-13,15-16H2,1-4H3,(H2,24,26,30)/t17-/m0/s1. The molecule has 2 aromatic rings. The molecule has 0 unspecified atom stereocenters. The van der Waals surface area contributed by atoms with Crippen molar-refractivity contribution in [2.45, 2.75) is 25.1 Å². The SMILES string of the molecule is C[C@H]1COCCN1c1cc(CS(C)(=O)=O)nc(-c2ccc(NC(=O)NCCCN(C)C)cc2)n1. The predicted octanol–water partition coefficient (Wildman–Crippen LogP) is 1.99. The first-order valence-electron chi connectivity index (χ1n) is 11.3. The maximum atomic E-state index is 12.1. The molecule has 0 bridgehead atoms. The third-order valence-corrected chi connectivity index (χ3v) is 6.13. The zero-order valence-electron chi connectivity index (χ0n) is 20.2. The molecule has 2 N–H and O–H groups in total. The summed E-state index contributed by atoms with van der Waals surface area (Å²) in [5.74, 6) is 0.954. The topological polar surface area (TPSA) is 117 Å². The average Bonchev–Trinajstić information content (AvgIpc) is 2.76. The van der Waals surface area contributed by atoms with E-state index < -0.39 is 9.84 Å². The minimum atomic E-state index is -3.26. The number of carbonyl (C=O) groups is 1. The van der Waals surface area contributed by atoms with Gasteiger partial charge >= 0.3 is 6.03 Å². The van der Waals surface area contributed by atoms with Crippen molar-refractivity contribution in [2.24, 2.45) is 0 Å². The quantitative estimate of drug-likeness (QED) is 0.513. The van der Waals surface area contributed by atoms with Gasteiger partial charge in [0, 0.05) is 36.7 Å². The van der Waals surface area contributed by atoms with Crippen LogP contribution in [-0.2, 0) is 20.3 Å². The Morgan fingerprint density at radius 2 is 1.97 bits per heavy atom. The second-order valence-electron chi connectivity index (χ2n) is 8.84. The number of benzene rings is 1. The molecule has 1 aromatic carbocycles. The number of hydrogen-bond donors (Lipinski definition) is 2. The second kappa shape index (κ2) is 11.6. The van der Waals surface area contributed by atoms with E-state index in [1.54, 1.807) is 18.2 Å². The van der Waals surface area contributed by atoms with Crippen molar-refractivity contribution in [1.29, 1.82) is 0 Å². The van der Waals surface area contributed by atoms with Crippen LogP contribution < -0.4 is 15.5 Å². The number of hydrogen-bond acceptors (Lipinski definition) is 8. The smallest absolute Gasteiger partial charge is 0.319 e. The number of morpholine rings is 1. The first-order valence-corrected chi connectivity index (χ1v) is 13.4. The van der Waals surface area contributed by atoms with Gasteiger partial charge in [0.2, 0.25) is 0 Å². The Hall–Kier alpha value is -2.76. The van der Waals surface area contributed by atoms with Gasteiger partial charge in [-0.3, -0.25) is 0 Å². The van der Waals surface area contributed by atoms with E-state index in [2.05, 4.69) is 25.4 Å². The molecule has 1 atom stereocenters. The Kier molecular flexibility index (Phi) is 8.81. The fourth-order valence-corrected chi connectivity index (χ4v) is 4.33. The number of anilines is 2. The molecule has 1 saturated heterocycles. The van der Waals surface area contributed by atoms with Gasteiger partial charge in [0.05, 0.1) is 30.7 Å². The fraction of sp³-hybridized carbons (Fsp3) is 0.522. The number of carbonyl (C=O) groups excluding carboxylic acids is 1. The summed E-state index contributed by atoms with van der Waals surface area (Å²) >= 11 is 0. The van der Waals surface area contributed by atoms with Crippen molar-refractivity contribution in [2.75, 3.05) is 63.4 Å². The van der Waals surface area contributed by atoms with Crippen molar-refractivity contribution < 1.29 is 17.9 Å². The van der Waals surface area contributed by atoms with E-state index in [1.165, 1.54) is 6.26 Å². The summed E-state index contributed by atoms with van der Waals surface area (Å²) in [6.45, 7) is 5.37. The third-order valence-electron chi connectivity index (χ3n) is 5.31. The number of aromatic nitrogens is 2. The van der Waals surface area contributed by atoms with E-state index in [9.17, 15) is 13.2 Å². The van der Waals surface area contributed by atoms with Gasteiger partial charge in [0.15, 0.2) is 15.7 Å². The summed E-state index contributed by atoms with van der Waals surface area (Å²) < 4.78 is 29.4. The molecule has 1 fully saturated rings. The number of sulfone groups is 1. The van der Waals surface area contributed by atoms with Crippen LogP contribution in [0.25, 0.3) is 11.4 Å². The number of nitrogens with one attached hydrogen (secondary N) is 2. The van der Waals surface area contributed by atoms with Gasteiger partial charge in [0.1, 0.15) is 5.82 Å². The first kappa shape index (κ1) is 25.9. The average molecular weight is 491 g/mol. The minimum absolute atomic E-state index is 0.116. The highest BCUT2D eigenvalue weighted by molar-refractivity contribution is 7.89. The highest BCUT2D eigenvalue weighted by atomic mass is 32.2. The molecule has 0 radical (unpaired) electrons. The summed E-state index contributed by atoms with van der Waals surface area (Å²) in [7, 11) is 0.723. The van der Waals surface area contributed by atoms with Crippen LogP contribution in [0.2, 0.25) is 0 Å². The summed E-state index contributed by atoms with van der Waals surface area (Å²) in [5.41, 5.74) is 1.82. The largest absolute Gasteiger partial charge is 0.377 e. The van der Waals surface area contributed by atoms with Gasteiger partial charge in [-0.2, -0.15) is 0 Å². The van der Waals surface area contributed by atoms with Gasteiger partial charge in [0.25, 0.3) is 0 Å². The molecule has 0 aliphatic carbocycles. The van der Waals surface area contributed by atoms with Gasteiger partial charge in [-0.1, -0.05) is 0 Å². The zero-order valence-corrected chi connectivity index (χ0v) is 21.1. The van der Waals surface area contributed by atoms with Gasteiger partial charge < -0.3 is 25.2 Å². The van der Waals surface area contributed by atoms with Crippen molar-refractivity contribution in [3.63, 3.8) is 0 Å². The lowest BCUT2D eigenvalue weighted by atomic mass is 10.2. The zero-order chi connectivity index (χ0) is 24.7. The van der Waals surface area contributed by atoms with E-state index in [0.717, 1.165) is 18.5 Å². The molecule has 2 amide bonds. The first-order chi connectivity index (χ1) is 16.1. The number of nitrogens with zero attached hydrogens (tertiary/aromatic N) is 4. The lowest BCUT2D eigenvalue weighted by molar-refractivity contribution is 0.0985. The molecule has 1 aromatic heterocycles. The summed E-state index contributed by atoms with van der Waals surface area (Å²) in [4.78, 5) is 25.5. The second-order valence-corrected chi connectivity index (χ2v) is 11.0. The van der Waals surface area contributed by atoms with Crippen molar-refractivity contribution in [3.8, 4) is 11.4 Å². The van der Waals surface area contributed by atoms with E-state index in [0.29, 0.717) is 49.3 Å². The fourth-order valence-electron chi connectivity index (χ4n) is 3.64. The number of amides is 2. The lowest BCUT2D eigenvalue weighted by Gasteiger charge is -2.34. The Balaban J connectivity index is 1.76. The van der Waals surface area contributed by atoms with E-state index in [4.69, 9.17) is 9.72 Å². The van der Waals surface area contributed by atoms with E-state index in [-0.39, 0.29) is 17.8 Å². The van der Waals surface area contributed by atoms with Crippen LogP contribution in [0.3, 0.4) is 0 Å². The van der Waals surface area contributed by atoms with Crippen molar-refractivity contribution >= 4 is 27.4 Å². The Bertz CT molecular complexity index is 1080. The molecule has 0 saturated carbocycles. The maximum absolute atomic E-state index is 12.1. The molecule has 1 aliphatic rings. The molecule has 0 spiro atoms. The number of rotatable bonds is 9. The summed E-state index contributed by atoms with van der Waals surface area (Å²) in [6, 6.07) is 8.77. The predicted molar refractivity (Wildman–Crippen MR) is 134 cm³/mol.